The topological polar surface area (TPSA) is 37.4 Å². The SMILES string of the molecule is CN1CC(C(=O)S)([C](=O)[Sb])C1. The summed E-state index contributed by atoms with van der Waals surface area (Å²) in [5.74, 6) is 0. The van der Waals surface area contributed by atoms with Crippen molar-refractivity contribution in [3.05, 3.63) is 0 Å². The summed E-state index contributed by atoms with van der Waals surface area (Å²) >= 11 is 4.80. The second-order valence-corrected chi connectivity index (χ2v) is 4.43. The normalized spacial score (nSPS) is 22.5. The van der Waals surface area contributed by atoms with E-state index in [1.165, 1.54) is 0 Å². The molecule has 0 amide bonds. The first kappa shape index (κ1) is 9.56. The van der Waals surface area contributed by atoms with E-state index in [-0.39, 0.29) is 8.85 Å². The molecular weight excluding hydrogens is 272 g/mol. The number of carbonyl (C=O) groups excluding carboxylic acids is 2. The molecule has 1 rings (SSSR count). The van der Waals surface area contributed by atoms with Crippen LogP contribution < -0.4 is 0 Å². The van der Waals surface area contributed by atoms with E-state index in [2.05, 4.69) is 12.6 Å². The van der Waals surface area contributed by atoms with Crippen molar-refractivity contribution < 1.29 is 9.59 Å². The van der Waals surface area contributed by atoms with Gasteiger partial charge in [-0.1, -0.05) is 0 Å². The summed E-state index contributed by atoms with van der Waals surface area (Å²) in [6, 6.07) is 0. The van der Waals surface area contributed by atoms with E-state index in [0.717, 1.165) is 23.0 Å². The summed E-state index contributed by atoms with van der Waals surface area (Å²) in [6.07, 6.45) is 0. The Labute approximate surface area is 84.4 Å². The minimum absolute atomic E-state index is 0.0235. The van der Waals surface area contributed by atoms with E-state index in [1.807, 2.05) is 11.9 Å². The van der Waals surface area contributed by atoms with Crippen molar-refractivity contribution >= 4 is 44.5 Å². The predicted molar refractivity (Wildman–Crippen MR) is 44.7 cm³/mol. The monoisotopic (exact) mass is 279 g/mol. The third kappa shape index (κ3) is 1.49. The summed E-state index contributed by atoms with van der Waals surface area (Å²) in [4.78, 5) is 24.0. The summed E-state index contributed by atoms with van der Waals surface area (Å²) < 4.78 is -0.0235. The third-order valence-corrected chi connectivity index (χ3v) is 3.55. The van der Waals surface area contributed by atoms with Crippen LogP contribution >= 0.6 is 12.6 Å². The molecule has 0 saturated carbocycles. The van der Waals surface area contributed by atoms with Crippen LogP contribution in [-0.2, 0) is 9.59 Å². The third-order valence-electron chi connectivity index (χ3n) is 1.90. The fourth-order valence-corrected chi connectivity index (χ4v) is 2.44. The molecule has 0 aliphatic carbocycles. The molecule has 5 heteroatoms. The fraction of sp³-hybridized carbons (Fsp3) is 0.667. The molecule has 0 aromatic rings. The summed E-state index contributed by atoms with van der Waals surface area (Å²) in [5.41, 5.74) is -0.772. The second-order valence-electron chi connectivity index (χ2n) is 2.86. The molecule has 0 bridgehead atoms. The van der Waals surface area contributed by atoms with Gasteiger partial charge in [0.2, 0.25) is 0 Å². The van der Waals surface area contributed by atoms with Gasteiger partial charge in [0, 0.05) is 0 Å². The van der Waals surface area contributed by atoms with Crippen molar-refractivity contribution in [2.45, 2.75) is 0 Å². The van der Waals surface area contributed by atoms with Crippen LogP contribution in [0.4, 0.5) is 0 Å². The van der Waals surface area contributed by atoms with Crippen LogP contribution in [0.2, 0.25) is 0 Å². The Hall–Kier alpha value is 0.468. The number of hydrogen-bond acceptors (Lipinski definition) is 3. The van der Waals surface area contributed by atoms with E-state index in [4.69, 9.17) is 0 Å². The first-order chi connectivity index (χ1) is 4.99. The van der Waals surface area contributed by atoms with Crippen molar-refractivity contribution in [1.29, 1.82) is 0 Å². The van der Waals surface area contributed by atoms with Gasteiger partial charge in [-0.05, 0) is 0 Å². The van der Waals surface area contributed by atoms with Gasteiger partial charge in [-0.3, -0.25) is 0 Å². The number of nitrogens with zero attached hydrogens (tertiary/aromatic N) is 1. The van der Waals surface area contributed by atoms with Crippen molar-refractivity contribution in [2.75, 3.05) is 20.1 Å². The van der Waals surface area contributed by atoms with Crippen LogP contribution in [0.3, 0.4) is 0 Å². The van der Waals surface area contributed by atoms with Crippen LogP contribution in [0, 0.1) is 5.41 Å². The zero-order valence-electron chi connectivity index (χ0n) is 6.07. The predicted octanol–water partition coefficient (Wildman–Crippen LogP) is -0.930. The average molecular weight is 280 g/mol. The van der Waals surface area contributed by atoms with E-state index in [9.17, 15) is 9.59 Å². The average Bonchev–Trinajstić information content (AvgIpc) is 1.78. The van der Waals surface area contributed by atoms with Crippen molar-refractivity contribution in [3.8, 4) is 0 Å². The first-order valence-corrected chi connectivity index (χ1v) is 4.87. The van der Waals surface area contributed by atoms with Gasteiger partial charge in [0.15, 0.2) is 0 Å². The van der Waals surface area contributed by atoms with E-state index >= 15 is 0 Å². The van der Waals surface area contributed by atoms with Gasteiger partial charge in [0.25, 0.3) is 0 Å². The Morgan fingerprint density at radius 1 is 1.55 bits per heavy atom. The Kier molecular flexibility index (Phi) is 2.67. The van der Waals surface area contributed by atoms with Gasteiger partial charge in [-0.2, -0.15) is 0 Å². The molecular formula is C6H8NO2SSb. The van der Waals surface area contributed by atoms with E-state index < -0.39 is 5.41 Å². The van der Waals surface area contributed by atoms with Crippen LogP contribution in [0.25, 0.3) is 0 Å². The molecule has 1 heterocycles. The molecule has 3 nitrogen and oxygen atoms in total. The van der Waals surface area contributed by atoms with E-state index in [0.29, 0.717) is 13.1 Å². The second kappa shape index (κ2) is 3.08. The quantitative estimate of drug-likeness (QED) is 0.403. The Morgan fingerprint density at radius 2 is 2.00 bits per heavy atom. The Morgan fingerprint density at radius 3 is 2.09 bits per heavy atom. The van der Waals surface area contributed by atoms with Crippen LogP contribution in [0.5, 0.6) is 0 Å². The number of thiol groups is 1. The van der Waals surface area contributed by atoms with Crippen LogP contribution in [-0.4, -0.2) is 56.9 Å². The van der Waals surface area contributed by atoms with Crippen LogP contribution in [0.15, 0.2) is 0 Å². The molecule has 60 valence electrons. The number of carbonyl (C=O) groups is 2. The van der Waals surface area contributed by atoms with Gasteiger partial charge < -0.3 is 0 Å². The maximum absolute atomic E-state index is 11.1. The summed E-state index contributed by atoms with van der Waals surface area (Å²) in [5, 5.41) is -0.290. The molecule has 0 unspecified atom stereocenters. The molecule has 1 saturated heterocycles. The number of likely N-dealkylation sites (tertiary alicyclic amines) is 1. The van der Waals surface area contributed by atoms with Crippen molar-refractivity contribution in [2.24, 2.45) is 5.41 Å². The fourth-order valence-electron chi connectivity index (χ4n) is 1.24. The molecule has 1 aliphatic rings. The van der Waals surface area contributed by atoms with Crippen LogP contribution in [0.1, 0.15) is 0 Å². The van der Waals surface area contributed by atoms with E-state index in [1.54, 1.807) is 0 Å². The molecule has 1 fully saturated rings. The molecule has 0 spiro atoms. The number of rotatable bonds is 2. The molecule has 11 heavy (non-hydrogen) atoms. The van der Waals surface area contributed by atoms with Crippen molar-refractivity contribution in [3.63, 3.8) is 0 Å². The Bertz CT molecular complexity index is 197. The zero-order chi connectivity index (χ0) is 8.65. The zero-order valence-corrected chi connectivity index (χ0v) is 9.52. The van der Waals surface area contributed by atoms with Gasteiger partial charge in [0.1, 0.15) is 0 Å². The van der Waals surface area contributed by atoms with Gasteiger partial charge in [0.05, 0.1) is 0 Å². The van der Waals surface area contributed by atoms with Crippen molar-refractivity contribution in [1.82, 2.24) is 4.90 Å². The Balaban J connectivity index is 2.77. The molecule has 0 aromatic heterocycles. The number of hydrogen-bond donors (Lipinski definition) is 1. The summed E-state index contributed by atoms with van der Waals surface area (Å²) in [7, 11) is 1.88. The first-order valence-electron chi connectivity index (χ1n) is 3.14. The standard InChI is InChI=1S/C6H8NO2S.Sb/c1-7-2-6(3-7,4-8)5(9)10;/h2-3H2,1H3,(H,9,10);. The van der Waals surface area contributed by atoms with Gasteiger partial charge in [-0.15, -0.1) is 0 Å². The molecule has 2 radical (unpaired) electrons. The molecule has 0 atom stereocenters. The van der Waals surface area contributed by atoms with Gasteiger partial charge >= 0.3 is 84.5 Å². The maximum atomic E-state index is 11.1. The van der Waals surface area contributed by atoms with Gasteiger partial charge in [-0.25, -0.2) is 0 Å². The molecule has 0 N–H and O–H groups in total. The molecule has 1 aliphatic heterocycles. The summed E-state index contributed by atoms with van der Waals surface area (Å²) in [6.45, 7) is 1.06. The minimum atomic E-state index is -0.772. The molecule has 0 aromatic carbocycles.